The molecular formula is C13H7ClN4O3. The summed E-state index contributed by atoms with van der Waals surface area (Å²) in [5.41, 5.74) is 1.08. The van der Waals surface area contributed by atoms with Crippen molar-refractivity contribution in [2.75, 3.05) is 0 Å². The van der Waals surface area contributed by atoms with Gasteiger partial charge in [-0.2, -0.15) is 0 Å². The van der Waals surface area contributed by atoms with Gasteiger partial charge in [0, 0.05) is 35.0 Å². The van der Waals surface area contributed by atoms with Crippen LogP contribution < -0.4 is 0 Å². The highest BCUT2D eigenvalue weighted by atomic mass is 35.5. The van der Waals surface area contributed by atoms with Gasteiger partial charge in [0.1, 0.15) is 11.3 Å². The van der Waals surface area contributed by atoms with Gasteiger partial charge in [0.05, 0.1) is 4.92 Å². The third-order valence-corrected chi connectivity index (χ3v) is 3.21. The lowest BCUT2D eigenvalue weighted by Gasteiger charge is -1.98. The van der Waals surface area contributed by atoms with Gasteiger partial charge in [0.2, 0.25) is 5.82 Å². The number of aromatic nitrogens is 2. The highest BCUT2D eigenvalue weighted by molar-refractivity contribution is 6.30. The second kappa shape index (κ2) is 4.95. The first-order chi connectivity index (χ1) is 10.1. The van der Waals surface area contributed by atoms with Gasteiger partial charge < -0.3 is 0 Å². The van der Waals surface area contributed by atoms with Crippen molar-refractivity contribution in [1.82, 2.24) is 9.38 Å². The second-order valence-corrected chi connectivity index (χ2v) is 4.69. The molecule has 2 aromatic heterocycles. The molecule has 0 saturated carbocycles. The number of imidazole rings is 1. The molecular weight excluding hydrogens is 296 g/mol. The fourth-order valence-electron chi connectivity index (χ4n) is 2.05. The molecule has 0 spiro atoms. The molecule has 0 fully saturated rings. The summed E-state index contributed by atoms with van der Waals surface area (Å²) in [6, 6.07) is 9.05. The summed E-state index contributed by atoms with van der Waals surface area (Å²) < 4.78 is 1.48. The topological polar surface area (TPSA) is 89.9 Å². The fraction of sp³-hybridized carbons (Fsp3) is 0. The predicted octanol–water partition coefficient (Wildman–Crippen LogP) is 3.96. The molecule has 21 heavy (non-hydrogen) atoms. The zero-order chi connectivity index (χ0) is 15.0. The number of hydrogen-bond donors (Lipinski definition) is 0. The van der Waals surface area contributed by atoms with Crippen LogP contribution in [0.1, 0.15) is 0 Å². The summed E-state index contributed by atoms with van der Waals surface area (Å²) in [6.45, 7) is 0. The molecule has 0 aliphatic carbocycles. The van der Waals surface area contributed by atoms with Crippen LogP contribution in [-0.4, -0.2) is 14.3 Å². The number of nitro groups is 1. The van der Waals surface area contributed by atoms with Crippen LogP contribution in [-0.2, 0) is 0 Å². The average molecular weight is 303 g/mol. The van der Waals surface area contributed by atoms with Crippen LogP contribution in [0.3, 0.4) is 0 Å². The third kappa shape index (κ3) is 2.23. The van der Waals surface area contributed by atoms with Gasteiger partial charge in [0.15, 0.2) is 0 Å². The Labute approximate surface area is 122 Å². The Bertz CT molecular complexity index is 875. The number of fused-ring (bicyclic) bond motifs is 1. The first kappa shape index (κ1) is 13.2. The fourth-order valence-corrected chi connectivity index (χ4v) is 2.21. The summed E-state index contributed by atoms with van der Waals surface area (Å²) in [5.74, 6) is 0.0714. The van der Waals surface area contributed by atoms with Gasteiger partial charge in [-0.3, -0.25) is 14.5 Å². The van der Waals surface area contributed by atoms with Crippen molar-refractivity contribution in [1.29, 1.82) is 0 Å². The molecule has 0 N–H and O–H groups in total. The van der Waals surface area contributed by atoms with Crippen molar-refractivity contribution in [3.05, 3.63) is 62.6 Å². The molecule has 0 unspecified atom stereocenters. The Hall–Kier alpha value is -2.80. The molecule has 0 aliphatic rings. The molecule has 0 radical (unpaired) electrons. The maximum absolute atomic E-state index is 11.1. The van der Waals surface area contributed by atoms with Crippen LogP contribution in [0.15, 0.2) is 47.8 Å². The molecule has 3 rings (SSSR count). The van der Waals surface area contributed by atoms with Gasteiger partial charge in [0.25, 0.3) is 5.69 Å². The molecule has 1 aromatic carbocycles. The molecule has 3 aromatic rings. The third-order valence-electron chi connectivity index (χ3n) is 2.98. The van der Waals surface area contributed by atoms with E-state index in [0.717, 1.165) is 0 Å². The molecule has 0 saturated heterocycles. The van der Waals surface area contributed by atoms with Crippen molar-refractivity contribution >= 4 is 28.8 Å². The molecule has 2 heterocycles. The van der Waals surface area contributed by atoms with E-state index in [1.807, 2.05) is 0 Å². The lowest BCUT2D eigenvalue weighted by atomic mass is 10.1. The molecule has 0 atom stereocenters. The first-order valence-electron chi connectivity index (χ1n) is 5.86. The van der Waals surface area contributed by atoms with Gasteiger partial charge >= 0.3 is 0 Å². The largest absolute Gasteiger partial charge is 0.281 e. The summed E-state index contributed by atoms with van der Waals surface area (Å²) in [5, 5.41) is 14.3. The van der Waals surface area contributed by atoms with E-state index in [0.29, 0.717) is 16.2 Å². The van der Waals surface area contributed by atoms with Crippen molar-refractivity contribution in [3.8, 4) is 11.3 Å². The summed E-state index contributed by atoms with van der Waals surface area (Å²) in [7, 11) is 0. The summed E-state index contributed by atoms with van der Waals surface area (Å²) in [4.78, 5) is 25.7. The minimum atomic E-state index is -0.510. The Morgan fingerprint density at radius 1 is 1.29 bits per heavy atom. The SMILES string of the molecule is O=Nc1c(-c2cccc([N+](=O)[O-])c2)nc2cc(Cl)ccn12. The highest BCUT2D eigenvalue weighted by Gasteiger charge is 2.17. The maximum atomic E-state index is 11.1. The van der Waals surface area contributed by atoms with E-state index in [1.165, 1.54) is 22.6 Å². The number of nitrogens with zero attached hydrogens (tertiary/aromatic N) is 4. The number of rotatable bonds is 3. The van der Waals surface area contributed by atoms with Crippen molar-refractivity contribution in [3.63, 3.8) is 0 Å². The van der Waals surface area contributed by atoms with Gasteiger partial charge in [-0.1, -0.05) is 23.7 Å². The quantitative estimate of drug-likeness (QED) is 0.416. The number of halogens is 1. The Morgan fingerprint density at radius 2 is 2.10 bits per heavy atom. The monoisotopic (exact) mass is 302 g/mol. The minimum absolute atomic E-state index is 0.0714. The molecule has 7 nitrogen and oxygen atoms in total. The van der Waals surface area contributed by atoms with E-state index in [1.54, 1.807) is 24.4 Å². The smallest absolute Gasteiger partial charge is 0.270 e. The van der Waals surface area contributed by atoms with Crippen LogP contribution in [0.4, 0.5) is 11.5 Å². The second-order valence-electron chi connectivity index (χ2n) is 4.26. The lowest BCUT2D eigenvalue weighted by molar-refractivity contribution is -0.384. The Kier molecular flexibility index (Phi) is 3.11. The molecule has 0 bridgehead atoms. The minimum Gasteiger partial charge on any atom is -0.281 e. The zero-order valence-electron chi connectivity index (χ0n) is 10.4. The van der Waals surface area contributed by atoms with E-state index in [-0.39, 0.29) is 17.2 Å². The van der Waals surface area contributed by atoms with E-state index < -0.39 is 4.92 Å². The van der Waals surface area contributed by atoms with Gasteiger partial charge in [-0.05, 0) is 11.2 Å². The number of nitroso groups, excluding NO2 is 1. The van der Waals surface area contributed by atoms with E-state index in [4.69, 9.17) is 11.6 Å². The van der Waals surface area contributed by atoms with Crippen molar-refractivity contribution < 1.29 is 4.92 Å². The van der Waals surface area contributed by atoms with Crippen molar-refractivity contribution in [2.24, 2.45) is 5.18 Å². The van der Waals surface area contributed by atoms with E-state index in [2.05, 4.69) is 10.2 Å². The number of nitro benzene ring substituents is 1. The standard InChI is InChI=1S/C13H7ClN4O3/c14-9-4-5-17-11(7-9)15-12(13(17)16-19)8-2-1-3-10(6-8)18(20)21/h1-7H. The van der Waals surface area contributed by atoms with Crippen LogP contribution in [0.2, 0.25) is 5.02 Å². The Balaban J connectivity index is 2.26. The van der Waals surface area contributed by atoms with Crippen LogP contribution in [0, 0.1) is 15.0 Å². The Morgan fingerprint density at radius 3 is 2.81 bits per heavy atom. The lowest BCUT2D eigenvalue weighted by Crippen LogP contribution is -1.88. The van der Waals surface area contributed by atoms with Crippen LogP contribution >= 0.6 is 11.6 Å². The molecule has 0 amide bonds. The predicted molar refractivity (Wildman–Crippen MR) is 77.7 cm³/mol. The average Bonchev–Trinajstić information content (AvgIpc) is 2.84. The van der Waals surface area contributed by atoms with Crippen molar-refractivity contribution in [2.45, 2.75) is 0 Å². The highest BCUT2D eigenvalue weighted by Crippen LogP contribution is 2.33. The number of hydrogen-bond acceptors (Lipinski definition) is 5. The summed E-state index contributed by atoms with van der Waals surface area (Å²) >= 11 is 5.88. The molecule has 8 heteroatoms. The number of non-ortho nitro benzene ring substituents is 1. The number of pyridine rings is 1. The van der Waals surface area contributed by atoms with E-state index in [9.17, 15) is 15.0 Å². The van der Waals surface area contributed by atoms with Gasteiger partial charge in [-0.25, -0.2) is 4.98 Å². The maximum Gasteiger partial charge on any atom is 0.270 e. The van der Waals surface area contributed by atoms with Crippen LogP contribution in [0.25, 0.3) is 16.9 Å². The van der Waals surface area contributed by atoms with Gasteiger partial charge in [-0.15, -0.1) is 4.91 Å². The number of benzene rings is 1. The zero-order valence-corrected chi connectivity index (χ0v) is 11.2. The molecule has 104 valence electrons. The van der Waals surface area contributed by atoms with Crippen LogP contribution in [0.5, 0.6) is 0 Å². The first-order valence-corrected chi connectivity index (χ1v) is 6.24. The molecule has 0 aliphatic heterocycles. The normalized spacial score (nSPS) is 10.7. The van der Waals surface area contributed by atoms with E-state index >= 15 is 0 Å². The summed E-state index contributed by atoms with van der Waals surface area (Å²) in [6.07, 6.45) is 1.57.